The zero-order chi connectivity index (χ0) is 25.9. The van der Waals surface area contributed by atoms with E-state index in [9.17, 15) is 29.1 Å². The maximum absolute atomic E-state index is 13.2. The van der Waals surface area contributed by atoms with Gasteiger partial charge in [-0.3, -0.25) is 19.3 Å². The Hall–Kier alpha value is -2.78. The van der Waals surface area contributed by atoms with Gasteiger partial charge in [-0.2, -0.15) is 11.8 Å². The molecule has 4 N–H and O–H groups in total. The quantitative estimate of drug-likeness (QED) is 0.264. The van der Waals surface area contributed by atoms with E-state index in [0.717, 1.165) is 11.3 Å². The molecule has 2 aliphatic heterocycles. The van der Waals surface area contributed by atoms with Crippen molar-refractivity contribution in [1.29, 1.82) is 0 Å². The van der Waals surface area contributed by atoms with Gasteiger partial charge >= 0.3 is 12.1 Å². The first kappa shape index (κ1) is 26.8. The summed E-state index contributed by atoms with van der Waals surface area (Å²) in [6.45, 7) is 4.99. The standard InChI is InChI=1S/C20H25N5O7S3/c1-20(2,3)32-19(31)24-11(10-7-35-18(22-10)21-8-26)14(27)23-12-15(28)25-13(17(29)30)9(5-33-4)6-34-16(12)25/h7-8,11-12,16H,5-6H2,1-4H3,(H,23,27)(H,24,31)(H,29,30)(H,21,22,26)/t11?,12?,16-/m0/s1. The number of alkyl carbamates (subject to hydrolysis) is 1. The van der Waals surface area contributed by atoms with Crippen molar-refractivity contribution in [2.24, 2.45) is 0 Å². The number of hydrogen-bond donors (Lipinski definition) is 4. The molecule has 0 aromatic carbocycles. The molecule has 2 aliphatic rings. The second-order valence-corrected chi connectivity index (χ2v) is 11.3. The van der Waals surface area contributed by atoms with Crippen LogP contribution >= 0.6 is 34.9 Å². The lowest BCUT2D eigenvalue weighted by molar-refractivity contribution is -0.151. The molecule has 0 spiro atoms. The number of nitrogens with one attached hydrogen (secondary N) is 3. The molecule has 0 aliphatic carbocycles. The van der Waals surface area contributed by atoms with Crippen molar-refractivity contribution in [3.63, 3.8) is 0 Å². The maximum atomic E-state index is 13.2. The van der Waals surface area contributed by atoms with Gasteiger partial charge in [-0.05, 0) is 32.6 Å². The number of hydrogen-bond acceptors (Lipinski definition) is 10. The van der Waals surface area contributed by atoms with Crippen LogP contribution in [0.3, 0.4) is 0 Å². The summed E-state index contributed by atoms with van der Waals surface area (Å²) < 4.78 is 5.24. The van der Waals surface area contributed by atoms with Crippen molar-refractivity contribution in [2.75, 3.05) is 23.1 Å². The van der Waals surface area contributed by atoms with E-state index in [2.05, 4.69) is 20.9 Å². The lowest BCUT2D eigenvalue weighted by atomic mass is 10.0. The van der Waals surface area contributed by atoms with Gasteiger partial charge in [0.05, 0.1) is 5.69 Å². The van der Waals surface area contributed by atoms with Gasteiger partial charge in [-0.1, -0.05) is 0 Å². The predicted molar refractivity (Wildman–Crippen MR) is 132 cm³/mol. The summed E-state index contributed by atoms with van der Waals surface area (Å²) in [5.74, 6) is -1.59. The smallest absolute Gasteiger partial charge is 0.408 e. The van der Waals surface area contributed by atoms with E-state index in [1.54, 1.807) is 20.8 Å². The maximum Gasteiger partial charge on any atom is 0.408 e. The van der Waals surface area contributed by atoms with E-state index < -0.39 is 46.9 Å². The summed E-state index contributed by atoms with van der Waals surface area (Å²) in [6, 6.07) is -2.30. The van der Waals surface area contributed by atoms with Gasteiger partial charge < -0.3 is 25.8 Å². The Labute approximate surface area is 213 Å². The molecule has 3 atom stereocenters. The van der Waals surface area contributed by atoms with E-state index in [1.807, 2.05) is 6.26 Å². The summed E-state index contributed by atoms with van der Waals surface area (Å²) in [7, 11) is 0. The van der Waals surface area contributed by atoms with Crippen molar-refractivity contribution in [3.8, 4) is 0 Å². The minimum atomic E-state index is -1.32. The van der Waals surface area contributed by atoms with Crippen molar-refractivity contribution in [3.05, 3.63) is 22.3 Å². The molecule has 3 heterocycles. The molecule has 1 aromatic rings. The second-order valence-electron chi connectivity index (χ2n) is 8.51. The molecule has 4 amide bonds. The Kier molecular flexibility index (Phi) is 8.33. The average molecular weight is 544 g/mol. The number of β-lactam (4-membered cyclic amide) rings is 1. The molecule has 1 fully saturated rings. The molecule has 1 aromatic heterocycles. The van der Waals surface area contributed by atoms with Crippen LogP contribution in [0.2, 0.25) is 0 Å². The van der Waals surface area contributed by atoms with Crippen LogP contribution in [0.1, 0.15) is 32.5 Å². The van der Waals surface area contributed by atoms with E-state index in [0.29, 0.717) is 23.5 Å². The number of thioether (sulfide) groups is 2. The number of thiazole rings is 1. The number of aromatic nitrogens is 1. The number of fused-ring (bicyclic) bond motifs is 1. The third-order valence-corrected chi connectivity index (χ3v) is 7.56. The van der Waals surface area contributed by atoms with Gasteiger partial charge in [0.1, 0.15) is 22.7 Å². The molecule has 35 heavy (non-hydrogen) atoms. The highest BCUT2D eigenvalue weighted by molar-refractivity contribution is 8.00. The monoisotopic (exact) mass is 543 g/mol. The number of carboxylic acid groups (broad SMARTS) is 1. The average Bonchev–Trinajstić information content (AvgIpc) is 3.22. The first-order valence-electron chi connectivity index (χ1n) is 10.3. The molecule has 190 valence electrons. The topological polar surface area (TPSA) is 167 Å². The van der Waals surface area contributed by atoms with Crippen molar-refractivity contribution >= 4 is 70.3 Å². The molecule has 15 heteroatoms. The molecule has 2 unspecified atom stereocenters. The van der Waals surface area contributed by atoms with Gasteiger partial charge in [0.2, 0.25) is 12.3 Å². The van der Waals surface area contributed by atoms with Gasteiger partial charge in [0, 0.05) is 16.9 Å². The highest BCUT2D eigenvalue weighted by atomic mass is 32.2. The Bertz CT molecular complexity index is 1070. The van der Waals surface area contributed by atoms with Gasteiger partial charge in [0.25, 0.3) is 5.91 Å². The summed E-state index contributed by atoms with van der Waals surface area (Å²) in [5, 5.41) is 18.2. The number of carboxylic acids is 1. The number of nitrogens with zero attached hydrogens (tertiary/aromatic N) is 2. The number of aliphatic carboxylic acids is 1. The molecule has 0 bridgehead atoms. The van der Waals surface area contributed by atoms with E-state index in [-0.39, 0.29) is 16.5 Å². The predicted octanol–water partition coefficient (Wildman–Crippen LogP) is 1.38. The summed E-state index contributed by atoms with van der Waals surface area (Å²) >= 11 is 3.86. The van der Waals surface area contributed by atoms with Gasteiger partial charge in [0.15, 0.2) is 11.2 Å². The molecule has 3 rings (SSSR count). The highest BCUT2D eigenvalue weighted by Crippen LogP contribution is 2.41. The lowest BCUT2D eigenvalue weighted by Gasteiger charge is -2.49. The summed E-state index contributed by atoms with van der Waals surface area (Å²) in [6.07, 6.45) is 1.40. The van der Waals surface area contributed by atoms with Gasteiger partial charge in [-0.25, -0.2) is 14.6 Å². The minimum Gasteiger partial charge on any atom is -0.477 e. The fraction of sp³-hybridized carbons (Fsp3) is 0.500. The number of carbonyl (C=O) groups is 5. The van der Waals surface area contributed by atoms with E-state index in [1.165, 1.54) is 33.8 Å². The van der Waals surface area contributed by atoms with Crippen LogP contribution in [-0.2, 0) is 23.9 Å². The third-order valence-electron chi connectivity index (χ3n) is 4.79. The van der Waals surface area contributed by atoms with Crippen molar-refractivity contribution in [1.82, 2.24) is 20.5 Å². The Morgan fingerprint density at radius 2 is 2.11 bits per heavy atom. The van der Waals surface area contributed by atoms with Crippen molar-refractivity contribution < 1.29 is 33.8 Å². The number of amides is 4. The van der Waals surface area contributed by atoms with Crippen LogP contribution in [0.25, 0.3) is 0 Å². The number of carbonyl (C=O) groups excluding carboxylic acids is 4. The largest absolute Gasteiger partial charge is 0.477 e. The molecule has 12 nitrogen and oxygen atoms in total. The summed E-state index contributed by atoms with van der Waals surface area (Å²) in [5.41, 5.74) is -0.0945. The van der Waals surface area contributed by atoms with Crippen LogP contribution < -0.4 is 16.0 Å². The van der Waals surface area contributed by atoms with Crippen LogP contribution in [0.5, 0.6) is 0 Å². The molecular weight excluding hydrogens is 518 g/mol. The number of ether oxygens (including phenoxy) is 1. The normalized spacial score (nSPS) is 20.3. The molecular formula is C20H25N5O7S3. The Balaban J connectivity index is 1.80. The molecule has 0 radical (unpaired) electrons. The zero-order valence-corrected chi connectivity index (χ0v) is 21.8. The lowest BCUT2D eigenvalue weighted by Crippen LogP contribution is -2.71. The van der Waals surface area contributed by atoms with Crippen LogP contribution in [-0.4, -0.2) is 80.1 Å². The zero-order valence-electron chi connectivity index (χ0n) is 19.3. The Morgan fingerprint density at radius 1 is 1.40 bits per heavy atom. The first-order chi connectivity index (χ1) is 16.5. The second kappa shape index (κ2) is 10.9. The van der Waals surface area contributed by atoms with Gasteiger partial charge in [-0.15, -0.1) is 23.1 Å². The minimum absolute atomic E-state index is 0.0499. The highest BCUT2D eigenvalue weighted by Gasteiger charge is 2.54. The fourth-order valence-electron chi connectivity index (χ4n) is 3.44. The van der Waals surface area contributed by atoms with E-state index >= 15 is 0 Å². The molecule has 0 saturated carbocycles. The summed E-state index contributed by atoms with van der Waals surface area (Å²) in [4.78, 5) is 66.4. The van der Waals surface area contributed by atoms with Crippen molar-refractivity contribution in [2.45, 2.75) is 43.8 Å². The third kappa shape index (κ3) is 6.08. The SMILES string of the molecule is CSCC1=C(C(=O)O)N2C(=O)C(NC(=O)C(NC(=O)OC(C)(C)C)c3csc(NC=O)n3)[C@@H]2SC1. The first-order valence-corrected chi connectivity index (χ1v) is 13.6. The number of rotatable bonds is 9. The number of anilines is 1. The molecule has 1 saturated heterocycles. The van der Waals surface area contributed by atoms with E-state index in [4.69, 9.17) is 4.74 Å². The van der Waals surface area contributed by atoms with Crippen LogP contribution in [0.15, 0.2) is 16.7 Å². The Morgan fingerprint density at radius 3 is 2.71 bits per heavy atom. The van der Waals surface area contributed by atoms with Crippen LogP contribution in [0, 0.1) is 0 Å². The fourth-order valence-corrected chi connectivity index (χ4v) is 6.20. The van der Waals surface area contributed by atoms with Crippen LogP contribution in [0.4, 0.5) is 9.93 Å².